The molecule has 3 aromatic rings. The zero-order valence-electron chi connectivity index (χ0n) is 12.5. The molecule has 3 rings (SSSR count). The fraction of sp³-hybridized carbons (Fsp3) is 0.0556. The molecule has 23 heavy (non-hydrogen) atoms. The van der Waals surface area contributed by atoms with Gasteiger partial charge in [0, 0.05) is 10.4 Å². The van der Waals surface area contributed by atoms with E-state index >= 15 is 0 Å². The van der Waals surface area contributed by atoms with E-state index in [2.05, 4.69) is 15.5 Å². The molecular weight excluding hydrogens is 310 g/mol. The number of nitrogens with one attached hydrogen (secondary N) is 1. The first kappa shape index (κ1) is 15.2. The number of aromatic nitrogens is 1. The molecule has 0 radical (unpaired) electrons. The number of rotatable bonds is 3. The zero-order chi connectivity index (χ0) is 16.2. The summed E-state index contributed by atoms with van der Waals surface area (Å²) in [7, 11) is 0. The van der Waals surface area contributed by atoms with Gasteiger partial charge < -0.3 is 0 Å². The van der Waals surface area contributed by atoms with Crippen molar-refractivity contribution in [1.29, 1.82) is 0 Å². The van der Waals surface area contributed by atoms with Crippen LogP contribution in [0.25, 0.3) is 10.9 Å². The highest BCUT2D eigenvalue weighted by Crippen LogP contribution is 2.16. The van der Waals surface area contributed by atoms with Crippen molar-refractivity contribution in [2.45, 2.75) is 6.92 Å². The quantitative estimate of drug-likeness (QED) is 0.586. The van der Waals surface area contributed by atoms with Crippen LogP contribution in [-0.2, 0) is 0 Å². The van der Waals surface area contributed by atoms with E-state index in [1.165, 1.54) is 0 Å². The lowest BCUT2D eigenvalue weighted by atomic mass is 10.1. The third-order valence-corrected chi connectivity index (χ3v) is 3.62. The lowest BCUT2D eigenvalue weighted by Crippen LogP contribution is -2.19. The highest BCUT2D eigenvalue weighted by molar-refractivity contribution is 6.30. The van der Waals surface area contributed by atoms with Gasteiger partial charge in [-0.3, -0.25) is 9.78 Å². The summed E-state index contributed by atoms with van der Waals surface area (Å²) in [4.78, 5) is 16.7. The number of hydrogen-bond donors (Lipinski definition) is 1. The van der Waals surface area contributed by atoms with Crippen LogP contribution in [0.15, 0.2) is 59.7 Å². The van der Waals surface area contributed by atoms with Crippen molar-refractivity contribution in [2.24, 2.45) is 5.10 Å². The molecule has 1 N–H and O–H groups in total. The van der Waals surface area contributed by atoms with Gasteiger partial charge in [-0.15, -0.1) is 0 Å². The molecule has 1 amide bonds. The van der Waals surface area contributed by atoms with Gasteiger partial charge >= 0.3 is 0 Å². The summed E-state index contributed by atoms with van der Waals surface area (Å²) in [5.41, 5.74) is 5.37. The van der Waals surface area contributed by atoms with Crippen LogP contribution < -0.4 is 5.43 Å². The number of fused-ring (bicyclic) bond motifs is 1. The zero-order valence-corrected chi connectivity index (χ0v) is 13.2. The van der Waals surface area contributed by atoms with Crippen LogP contribution in [0, 0.1) is 6.92 Å². The van der Waals surface area contributed by atoms with Gasteiger partial charge in [-0.05, 0) is 36.8 Å². The third-order valence-electron chi connectivity index (χ3n) is 3.39. The summed E-state index contributed by atoms with van der Waals surface area (Å²) in [5.74, 6) is -0.293. The molecule has 0 fully saturated rings. The number of hydrazone groups is 1. The Morgan fingerprint density at radius 1 is 1.17 bits per heavy atom. The number of benzene rings is 2. The van der Waals surface area contributed by atoms with Crippen molar-refractivity contribution in [1.82, 2.24) is 10.4 Å². The molecule has 5 heteroatoms. The van der Waals surface area contributed by atoms with Gasteiger partial charge in [0.2, 0.25) is 0 Å². The second-order valence-electron chi connectivity index (χ2n) is 5.07. The third kappa shape index (κ3) is 3.55. The number of pyridine rings is 1. The van der Waals surface area contributed by atoms with E-state index in [1.807, 2.05) is 49.4 Å². The van der Waals surface area contributed by atoms with Crippen molar-refractivity contribution >= 4 is 34.6 Å². The molecule has 0 aliphatic carbocycles. The maximum absolute atomic E-state index is 12.3. The van der Waals surface area contributed by atoms with Gasteiger partial charge in [0.25, 0.3) is 5.91 Å². The second kappa shape index (κ2) is 6.58. The summed E-state index contributed by atoms with van der Waals surface area (Å²) >= 11 is 5.90. The van der Waals surface area contributed by atoms with Crippen LogP contribution in [0.3, 0.4) is 0 Å². The molecule has 1 heterocycles. The van der Waals surface area contributed by atoms with E-state index in [4.69, 9.17) is 11.6 Å². The van der Waals surface area contributed by atoms with Crippen molar-refractivity contribution in [3.63, 3.8) is 0 Å². The van der Waals surface area contributed by atoms with Gasteiger partial charge in [-0.2, -0.15) is 5.10 Å². The Morgan fingerprint density at radius 2 is 2.00 bits per heavy atom. The number of aryl methyl sites for hydroxylation is 1. The molecule has 1 aromatic heterocycles. The molecule has 2 aromatic carbocycles. The van der Waals surface area contributed by atoms with Crippen molar-refractivity contribution in [3.8, 4) is 0 Å². The molecule has 0 atom stereocenters. The lowest BCUT2D eigenvalue weighted by Gasteiger charge is -2.06. The number of amides is 1. The predicted octanol–water partition coefficient (Wildman–Crippen LogP) is 3.96. The number of hydrogen-bond acceptors (Lipinski definition) is 3. The fourth-order valence-corrected chi connectivity index (χ4v) is 2.45. The summed E-state index contributed by atoms with van der Waals surface area (Å²) in [6.07, 6.45) is 1.55. The smallest absolute Gasteiger partial charge is 0.267 e. The van der Waals surface area contributed by atoms with E-state index in [0.29, 0.717) is 16.3 Å². The Hall–Kier alpha value is -2.72. The Bertz CT molecular complexity index is 906. The predicted molar refractivity (Wildman–Crippen MR) is 93.0 cm³/mol. The van der Waals surface area contributed by atoms with Gasteiger partial charge in [-0.25, -0.2) is 5.43 Å². The monoisotopic (exact) mass is 323 g/mol. The topological polar surface area (TPSA) is 54.4 Å². The lowest BCUT2D eigenvalue weighted by molar-refractivity contribution is 0.0954. The van der Waals surface area contributed by atoms with Crippen molar-refractivity contribution in [3.05, 3.63) is 76.4 Å². The number of nitrogens with zero attached hydrogens (tertiary/aromatic N) is 2. The average molecular weight is 324 g/mol. The van der Waals surface area contributed by atoms with E-state index in [9.17, 15) is 4.79 Å². The Balaban J connectivity index is 1.79. The van der Waals surface area contributed by atoms with Crippen LogP contribution in [0.2, 0.25) is 5.02 Å². The largest absolute Gasteiger partial charge is 0.273 e. The highest BCUT2D eigenvalue weighted by Gasteiger charge is 2.10. The SMILES string of the molecule is Cc1nc2ccccc2cc1C(=O)NN=Cc1cccc(Cl)c1. The molecule has 0 saturated heterocycles. The van der Waals surface area contributed by atoms with E-state index in [1.54, 1.807) is 18.3 Å². The minimum Gasteiger partial charge on any atom is -0.267 e. The molecule has 0 aliphatic heterocycles. The molecule has 0 saturated carbocycles. The number of carbonyl (C=O) groups excluding carboxylic acids is 1. The van der Waals surface area contributed by atoms with Crippen LogP contribution in [0.1, 0.15) is 21.6 Å². The fourth-order valence-electron chi connectivity index (χ4n) is 2.25. The number of carbonyl (C=O) groups is 1. The summed E-state index contributed by atoms with van der Waals surface area (Å²) in [6, 6.07) is 16.7. The van der Waals surface area contributed by atoms with Gasteiger partial charge in [-0.1, -0.05) is 41.9 Å². The van der Waals surface area contributed by atoms with E-state index in [-0.39, 0.29) is 5.91 Å². The molecule has 0 aliphatic rings. The normalized spacial score (nSPS) is 11.0. The van der Waals surface area contributed by atoms with E-state index in [0.717, 1.165) is 16.5 Å². The molecule has 0 bridgehead atoms. The molecule has 0 spiro atoms. The maximum Gasteiger partial charge on any atom is 0.273 e. The van der Waals surface area contributed by atoms with Crippen molar-refractivity contribution in [2.75, 3.05) is 0 Å². The Kier molecular flexibility index (Phi) is 4.35. The average Bonchev–Trinajstić information content (AvgIpc) is 2.54. The van der Waals surface area contributed by atoms with Crippen LogP contribution in [0.4, 0.5) is 0 Å². The maximum atomic E-state index is 12.3. The van der Waals surface area contributed by atoms with E-state index < -0.39 is 0 Å². The minimum atomic E-state index is -0.293. The first-order chi connectivity index (χ1) is 11.1. The summed E-state index contributed by atoms with van der Waals surface area (Å²) in [6.45, 7) is 1.81. The first-order valence-corrected chi connectivity index (χ1v) is 7.46. The molecule has 0 unspecified atom stereocenters. The number of para-hydroxylation sites is 1. The van der Waals surface area contributed by atoms with Crippen LogP contribution in [0.5, 0.6) is 0 Å². The van der Waals surface area contributed by atoms with Crippen LogP contribution >= 0.6 is 11.6 Å². The minimum absolute atomic E-state index is 0.293. The Labute approximate surface area is 138 Å². The highest BCUT2D eigenvalue weighted by atomic mass is 35.5. The van der Waals surface area contributed by atoms with Gasteiger partial charge in [0.15, 0.2) is 0 Å². The van der Waals surface area contributed by atoms with Crippen molar-refractivity contribution < 1.29 is 4.79 Å². The second-order valence-corrected chi connectivity index (χ2v) is 5.50. The Morgan fingerprint density at radius 3 is 2.83 bits per heavy atom. The molecule has 114 valence electrons. The number of halogens is 1. The molecular formula is C18H14ClN3O. The summed E-state index contributed by atoms with van der Waals surface area (Å²) < 4.78 is 0. The first-order valence-electron chi connectivity index (χ1n) is 7.09. The van der Waals surface area contributed by atoms with Crippen LogP contribution in [-0.4, -0.2) is 17.1 Å². The van der Waals surface area contributed by atoms with Gasteiger partial charge in [0.05, 0.1) is 23.0 Å². The van der Waals surface area contributed by atoms with Gasteiger partial charge in [0.1, 0.15) is 0 Å². The standard InChI is InChI=1S/C18H14ClN3O/c1-12-16(10-14-6-2-3-8-17(14)21-12)18(23)22-20-11-13-5-4-7-15(19)9-13/h2-11H,1H3,(H,22,23). The summed E-state index contributed by atoms with van der Waals surface area (Å²) in [5, 5.41) is 5.51. The molecule has 4 nitrogen and oxygen atoms in total.